The number of fused-ring (bicyclic) bond motifs is 2. The second-order valence-corrected chi connectivity index (χ2v) is 24.9. The number of imidazole rings is 2. The third-order valence-electron chi connectivity index (χ3n) is 11.7. The zero-order valence-electron chi connectivity index (χ0n) is 39.5. The second-order valence-electron chi connectivity index (χ2n) is 17.0. The zero-order valence-corrected chi connectivity index (χ0v) is 43.9. The SMILES string of the molecule is CO[C@@H]1[C@H](OP(=O)(O)OC[C@H]2O[C@@H](n3ccc(=O)[nH]c3=O)[C@H](O)[C@@H]2O)C(COP(=O)(O)OP(=O)(O)OP(=O)(O)OC[C@H]2O[C@@H]([n+]3cn(C)c4c(=O)[nH]c(N)nc43)[C@H](O)C2CNS(C)(=O)=O)O[C@H]1n1cnc2c(N)ncnc21. The van der Waals surface area contributed by atoms with Gasteiger partial charge in [0.1, 0.15) is 54.6 Å². The maximum atomic E-state index is 13.6. The van der Waals surface area contributed by atoms with E-state index in [2.05, 4.69) is 38.3 Å². The van der Waals surface area contributed by atoms with E-state index < -0.39 is 158 Å². The van der Waals surface area contributed by atoms with Crippen molar-refractivity contribution in [3.05, 3.63) is 62.4 Å². The number of aromatic nitrogens is 10. The van der Waals surface area contributed by atoms with Crippen molar-refractivity contribution >= 4 is 75.4 Å². The largest absolute Gasteiger partial charge is 0.490 e. The minimum atomic E-state index is -6.27. The van der Waals surface area contributed by atoms with Crippen molar-refractivity contribution in [3.8, 4) is 0 Å². The van der Waals surface area contributed by atoms with Crippen LogP contribution in [0, 0.1) is 5.92 Å². The Bertz CT molecular complexity index is 3530. The molecule has 39 nitrogen and oxygen atoms in total. The Balaban J connectivity index is 0.950. The lowest BCUT2D eigenvalue weighted by molar-refractivity contribution is -0.745. The molecule has 77 heavy (non-hydrogen) atoms. The number of phosphoric acid groups is 4. The molecule has 16 atom stereocenters. The van der Waals surface area contributed by atoms with Gasteiger partial charge in [0.25, 0.3) is 17.1 Å². The molecule has 0 spiro atoms. The average Bonchev–Trinajstić information content (AvgIpc) is 4.11. The van der Waals surface area contributed by atoms with Gasteiger partial charge in [0.2, 0.25) is 21.8 Å². The van der Waals surface area contributed by atoms with E-state index in [4.69, 9.17) is 48.5 Å². The zero-order chi connectivity index (χ0) is 56.3. The molecule has 0 aliphatic carbocycles. The molecular weight excluding hydrogens is 1150 g/mol. The van der Waals surface area contributed by atoms with Gasteiger partial charge in [-0.3, -0.25) is 51.4 Å². The summed E-state index contributed by atoms with van der Waals surface area (Å²) in [6.07, 6.45) is -13.5. The van der Waals surface area contributed by atoms with Gasteiger partial charge in [-0.15, -0.1) is 0 Å². The van der Waals surface area contributed by atoms with Crippen LogP contribution < -0.4 is 37.6 Å². The summed E-state index contributed by atoms with van der Waals surface area (Å²) in [5.74, 6) is -1.78. The first kappa shape index (κ1) is 58.5. The first-order valence-electron chi connectivity index (χ1n) is 21.7. The predicted octanol–water partition coefficient (Wildman–Crippen LogP) is -5.07. The molecule has 44 heteroatoms. The number of sulfonamides is 1. The Morgan fingerprint density at radius 2 is 1.44 bits per heavy atom. The number of phosphoric ester groups is 3. The van der Waals surface area contributed by atoms with E-state index in [1.165, 1.54) is 22.5 Å². The van der Waals surface area contributed by atoms with Crippen molar-refractivity contribution in [1.29, 1.82) is 0 Å². The maximum Gasteiger partial charge on any atom is 0.490 e. The lowest BCUT2D eigenvalue weighted by atomic mass is 9.98. The van der Waals surface area contributed by atoms with Gasteiger partial charge < -0.3 is 65.3 Å². The summed E-state index contributed by atoms with van der Waals surface area (Å²) in [7, 11) is -25.1. The Morgan fingerprint density at radius 3 is 2.09 bits per heavy atom. The monoisotopic (exact) mass is 1200 g/mol. The average molecular weight is 1200 g/mol. The molecule has 0 radical (unpaired) electrons. The van der Waals surface area contributed by atoms with Gasteiger partial charge in [0.15, 0.2) is 30.2 Å². The van der Waals surface area contributed by atoms with Crippen LogP contribution in [-0.4, -0.2) is 175 Å². The minimum absolute atomic E-state index is 0.0124. The Hall–Kier alpha value is -4.67. The third kappa shape index (κ3) is 13.0. The Morgan fingerprint density at radius 1 is 0.805 bits per heavy atom. The third-order valence-corrected chi connectivity index (χ3v) is 17.7. The molecule has 0 aromatic carbocycles. The molecule has 0 amide bonds. The topological polar surface area (TPSA) is 553 Å². The second kappa shape index (κ2) is 22.1. The van der Waals surface area contributed by atoms with Gasteiger partial charge in [0.05, 0.1) is 45.6 Å². The van der Waals surface area contributed by atoms with Crippen LogP contribution in [-0.2, 0) is 81.0 Å². The van der Waals surface area contributed by atoms with E-state index in [-0.39, 0.29) is 34.1 Å². The van der Waals surface area contributed by atoms with Gasteiger partial charge in [-0.25, -0.2) is 55.7 Å². The molecule has 8 rings (SSSR count). The van der Waals surface area contributed by atoms with Crippen LogP contribution >= 0.6 is 31.3 Å². The molecule has 14 N–H and O–H groups in total. The molecule has 8 heterocycles. The number of H-pyrrole nitrogens is 2. The lowest BCUT2D eigenvalue weighted by Crippen LogP contribution is -2.46. The van der Waals surface area contributed by atoms with Crippen molar-refractivity contribution in [2.45, 2.75) is 67.5 Å². The molecule has 3 saturated heterocycles. The predicted molar refractivity (Wildman–Crippen MR) is 248 cm³/mol. The summed E-state index contributed by atoms with van der Waals surface area (Å²) in [6, 6.07) is 0.915. The minimum Gasteiger partial charge on any atom is -0.387 e. The Labute approximate surface area is 428 Å². The van der Waals surface area contributed by atoms with Gasteiger partial charge in [0, 0.05) is 31.8 Å². The number of aromatic amines is 2. The highest BCUT2D eigenvalue weighted by Crippen LogP contribution is 2.68. The van der Waals surface area contributed by atoms with Crippen LogP contribution in [0.5, 0.6) is 0 Å². The number of nitrogens with two attached hydrogens (primary N) is 2. The number of nitrogen functional groups attached to an aromatic ring is 2. The summed E-state index contributed by atoms with van der Waals surface area (Å²) >= 11 is 0. The number of hydrogen-bond acceptors (Lipinski definition) is 28. The first-order chi connectivity index (χ1) is 35.9. The molecule has 3 fully saturated rings. The standard InChI is InChI=1S/C33H47N13O26P4S/c1-43-12-46(27-19(43)28(51)42-32(35)41-27)29-20(48)13(6-39-77(3,61)62)14(67-29)7-65-74(55,56)71-76(59,60)72-75(57,58)66-9-16-23(24(63-2)31(69-16)45-11-38-18-25(34)36-10-37-26(18)45)70-73(53,54)64-8-15-21(49)22(50)30(68-15)44-5-4-17(47)40-33(44)52/h4-5,10-16,20-24,29-31,39,48-50H,6-9H2,1-3H3,(H9-,34,35,36,37,40,41,42,47,51,52,53,54,55,56,57,58,59,60)/p+1/t13?,14-,15-,16?,20-,21-,22-,23-,24-,29-,30-,31-/m1/s1. The van der Waals surface area contributed by atoms with Gasteiger partial charge >= 0.3 is 42.6 Å². The van der Waals surface area contributed by atoms with Gasteiger partial charge in [-0.2, -0.15) is 8.62 Å². The van der Waals surface area contributed by atoms with Crippen molar-refractivity contribution < 1.29 is 112 Å². The number of aryl methyl sites for hydroxylation is 1. The molecule has 3 aliphatic heterocycles. The van der Waals surface area contributed by atoms with Crippen molar-refractivity contribution in [2.75, 3.05) is 51.2 Å². The van der Waals surface area contributed by atoms with Crippen LogP contribution in [0.4, 0.5) is 11.8 Å². The number of nitrogens with zero attached hydrogens (tertiary/aromatic N) is 8. The number of nitrogens with one attached hydrogen (secondary N) is 3. The highest BCUT2D eigenvalue weighted by Gasteiger charge is 2.54. The number of aliphatic hydroxyl groups excluding tert-OH is 3. The molecule has 426 valence electrons. The summed E-state index contributed by atoms with van der Waals surface area (Å²) < 4.78 is 135. The van der Waals surface area contributed by atoms with E-state index in [0.29, 0.717) is 0 Å². The summed E-state index contributed by atoms with van der Waals surface area (Å²) in [5, 5.41) is 32.6. The van der Waals surface area contributed by atoms with Crippen LogP contribution in [0.2, 0.25) is 0 Å². The fourth-order valence-corrected chi connectivity index (χ4v) is 13.4. The van der Waals surface area contributed by atoms with E-state index in [1.54, 1.807) is 0 Å². The number of anilines is 2. The summed E-state index contributed by atoms with van der Waals surface area (Å²) in [4.78, 5) is 99.5. The van der Waals surface area contributed by atoms with Crippen molar-refractivity contribution in [2.24, 2.45) is 13.0 Å². The van der Waals surface area contributed by atoms with E-state index in [0.717, 1.165) is 47.4 Å². The number of rotatable bonds is 22. The number of aliphatic hydroxyl groups is 3. The quantitative estimate of drug-likeness (QED) is 0.0228. The van der Waals surface area contributed by atoms with Gasteiger partial charge in [-0.1, -0.05) is 4.98 Å². The fraction of sp³-hybridized carbons (Fsp3) is 0.576. The van der Waals surface area contributed by atoms with Crippen molar-refractivity contribution in [3.63, 3.8) is 0 Å². The molecule has 5 aromatic heterocycles. The summed E-state index contributed by atoms with van der Waals surface area (Å²) in [5.41, 5.74) is 8.96. The highest BCUT2D eigenvalue weighted by atomic mass is 32.2. The van der Waals surface area contributed by atoms with Gasteiger partial charge in [-0.05, 0) is 0 Å². The van der Waals surface area contributed by atoms with Crippen LogP contribution in [0.1, 0.15) is 18.7 Å². The van der Waals surface area contributed by atoms with Crippen molar-refractivity contribution in [1.82, 2.24) is 48.3 Å². The molecule has 0 saturated carbocycles. The Kier molecular flexibility index (Phi) is 16.8. The highest BCUT2D eigenvalue weighted by molar-refractivity contribution is 7.88. The lowest BCUT2D eigenvalue weighted by Gasteiger charge is -2.26. The maximum absolute atomic E-state index is 13.6. The smallest absolute Gasteiger partial charge is 0.387 e. The van der Waals surface area contributed by atoms with E-state index in [1.807, 2.05) is 4.98 Å². The number of ether oxygens (including phenoxy) is 4. The molecule has 5 aromatic rings. The molecule has 3 aliphatic rings. The van der Waals surface area contributed by atoms with Crippen LogP contribution in [0.15, 0.2) is 45.6 Å². The van der Waals surface area contributed by atoms with Crippen LogP contribution in [0.3, 0.4) is 0 Å². The number of hydrogen-bond donors (Lipinski definition) is 12. The fourth-order valence-electron chi connectivity index (χ4n) is 8.37. The van der Waals surface area contributed by atoms with Crippen LogP contribution in [0.25, 0.3) is 22.3 Å². The van der Waals surface area contributed by atoms with E-state index in [9.17, 15) is 76.0 Å². The van der Waals surface area contributed by atoms with E-state index >= 15 is 0 Å². The number of methoxy groups -OCH3 is 1. The summed E-state index contributed by atoms with van der Waals surface area (Å²) in [6.45, 7) is -4.06. The molecule has 0 bridgehead atoms. The first-order valence-corrected chi connectivity index (χ1v) is 29.6. The normalized spacial score (nSPS) is 30.1. The molecule has 6 unspecified atom stereocenters. The molecular formula is C33H48N13O26P4S+.